The van der Waals surface area contributed by atoms with Gasteiger partial charge < -0.3 is 20.9 Å². The number of halogens is 2. The molecule has 0 aromatic heterocycles. The van der Waals surface area contributed by atoms with Gasteiger partial charge in [0, 0.05) is 25.3 Å². The smallest absolute Gasteiger partial charge is 0.170 e. The molecule has 4 N–H and O–H groups in total. The van der Waals surface area contributed by atoms with E-state index < -0.39 is 11.6 Å². The standard InChI is InChI=1S/C13H17F2N3O2/c14-10-4-9(13(16)17-20)5-11(15)12(10)18-3-1-2-8(6-18)7-19/h4-5,8,19-20H,1-3,6-7H2,(H2,16,17). The fraction of sp³-hybridized carbons (Fsp3) is 0.462. The van der Waals surface area contributed by atoms with Gasteiger partial charge in [-0.15, -0.1) is 0 Å². The van der Waals surface area contributed by atoms with Crippen LogP contribution in [0.15, 0.2) is 17.3 Å². The van der Waals surface area contributed by atoms with Gasteiger partial charge in [0.2, 0.25) is 0 Å². The number of amidine groups is 1. The predicted molar refractivity (Wildman–Crippen MR) is 70.9 cm³/mol. The number of anilines is 1. The first-order valence-electron chi connectivity index (χ1n) is 6.39. The molecule has 2 rings (SSSR count). The molecule has 0 spiro atoms. The zero-order valence-corrected chi connectivity index (χ0v) is 10.9. The van der Waals surface area contributed by atoms with Gasteiger partial charge >= 0.3 is 0 Å². The summed E-state index contributed by atoms with van der Waals surface area (Å²) in [4.78, 5) is 1.59. The summed E-state index contributed by atoms with van der Waals surface area (Å²) in [5.74, 6) is -1.84. The Bertz CT molecular complexity index is 499. The summed E-state index contributed by atoms with van der Waals surface area (Å²) < 4.78 is 28.2. The molecule has 1 fully saturated rings. The summed E-state index contributed by atoms with van der Waals surface area (Å²) in [6.07, 6.45) is 1.62. The second-order valence-electron chi connectivity index (χ2n) is 4.91. The van der Waals surface area contributed by atoms with Crippen molar-refractivity contribution in [1.82, 2.24) is 0 Å². The summed E-state index contributed by atoms with van der Waals surface area (Å²) in [6.45, 7) is 0.947. The molecule has 1 saturated heterocycles. The van der Waals surface area contributed by atoms with Crippen molar-refractivity contribution in [3.8, 4) is 0 Å². The van der Waals surface area contributed by atoms with E-state index in [-0.39, 0.29) is 29.6 Å². The minimum absolute atomic E-state index is 0.00192. The fourth-order valence-electron chi connectivity index (χ4n) is 2.49. The van der Waals surface area contributed by atoms with Crippen molar-refractivity contribution in [2.45, 2.75) is 12.8 Å². The lowest BCUT2D eigenvalue weighted by Gasteiger charge is -2.34. The zero-order valence-electron chi connectivity index (χ0n) is 10.9. The van der Waals surface area contributed by atoms with E-state index in [9.17, 15) is 8.78 Å². The highest BCUT2D eigenvalue weighted by Gasteiger charge is 2.25. The van der Waals surface area contributed by atoms with Crippen LogP contribution < -0.4 is 10.6 Å². The highest BCUT2D eigenvalue weighted by Crippen LogP contribution is 2.29. The van der Waals surface area contributed by atoms with E-state index in [4.69, 9.17) is 16.0 Å². The van der Waals surface area contributed by atoms with Crippen LogP contribution in [0.3, 0.4) is 0 Å². The van der Waals surface area contributed by atoms with E-state index in [0.717, 1.165) is 25.0 Å². The summed E-state index contributed by atoms with van der Waals surface area (Å²) in [6, 6.07) is 2.08. The van der Waals surface area contributed by atoms with Crippen LogP contribution >= 0.6 is 0 Å². The number of aliphatic hydroxyl groups is 1. The molecule has 0 aliphatic carbocycles. The number of nitrogens with two attached hydrogens (primary N) is 1. The van der Waals surface area contributed by atoms with E-state index in [1.807, 2.05) is 0 Å². The number of rotatable bonds is 3. The molecule has 1 unspecified atom stereocenters. The first-order chi connectivity index (χ1) is 9.56. The van der Waals surface area contributed by atoms with Gasteiger partial charge in [-0.25, -0.2) is 8.78 Å². The number of hydrogen-bond acceptors (Lipinski definition) is 4. The lowest BCUT2D eigenvalue weighted by atomic mass is 9.98. The van der Waals surface area contributed by atoms with Crippen molar-refractivity contribution in [3.63, 3.8) is 0 Å². The maximum atomic E-state index is 14.1. The maximum Gasteiger partial charge on any atom is 0.170 e. The second-order valence-corrected chi connectivity index (χ2v) is 4.91. The molecule has 1 aliphatic heterocycles. The van der Waals surface area contributed by atoms with Gasteiger partial charge in [-0.1, -0.05) is 5.16 Å². The van der Waals surface area contributed by atoms with Gasteiger partial charge in [0.15, 0.2) is 5.84 Å². The van der Waals surface area contributed by atoms with Crippen LogP contribution in [0.2, 0.25) is 0 Å². The summed E-state index contributed by atoms with van der Waals surface area (Å²) in [7, 11) is 0. The molecule has 1 aromatic carbocycles. The number of oxime groups is 1. The molecule has 1 heterocycles. The van der Waals surface area contributed by atoms with Crippen LogP contribution in [-0.2, 0) is 0 Å². The van der Waals surface area contributed by atoms with Crippen LogP contribution in [0.4, 0.5) is 14.5 Å². The molecule has 0 bridgehead atoms. The molecule has 110 valence electrons. The predicted octanol–water partition coefficient (Wildman–Crippen LogP) is 1.27. The average molecular weight is 285 g/mol. The van der Waals surface area contributed by atoms with Crippen molar-refractivity contribution in [3.05, 3.63) is 29.3 Å². The molecule has 0 saturated carbocycles. The van der Waals surface area contributed by atoms with Crippen LogP contribution in [0.25, 0.3) is 0 Å². The lowest BCUT2D eigenvalue weighted by Crippen LogP contribution is -2.38. The molecular weight excluding hydrogens is 268 g/mol. The van der Waals surface area contributed by atoms with Gasteiger partial charge in [0.1, 0.15) is 17.3 Å². The number of hydrogen-bond donors (Lipinski definition) is 3. The van der Waals surface area contributed by atoms with Crippen molar-refractivity contribution in [2.24, 2.45) is 16.8 Å². The van der Waals surface area contributed by atoms with E-state index in [0.29, 0.717) is 13.1 Å². The minimum Gasteiger partial charge on any atom is -0.409 e. The Kier molecular flexibility index (Phi) is 4.39. The Hall–Kier alpha value is -1.89. The van der Waals surface area contributed by atoms with Crippen molar-refractivity contribution in [2.75, 3.05) is 24.6 Å². The van der Waals surface area contributed by atoms with Gasteiger partial charge in [-0.05, 0) is 30.9 Å². The van der Waals surface area contributed by atoms with Crippen LogP contribution in [0.1, 0.15) is 18.4 Å². The van der Waals surface area contributed by atoms with Gasteiger partial charge in [0.25, 0.3) is 0 Å². The first kappa shape index (κ1) is 14.5. The normalized spacial score (nSPS) is 20.2. The Morgan fingerprint density at radius 3 is 2.60 bits per heavy atom. The Balaban J connectivity index is 2.33. The third-order valence-corrected chi connectivity index (χ3v) is 3.51. The van der Waals surface area contributed by atoms with Crippen molar-refractivity contribution >= 4 is 11.5 Å². The lowest BCUT2D eigenvalue weighted by molar-refractivity contribution is 0.208. The second kappa shape index (κ2) is 6.04. The highest BCUT2D eigenvalue weighted by atomic mass is 19.1. The molecule has 0 amide bonds. The number of aliphatic hydroxyl groups excluding tert-OH is 1. The third kappa shape index (κ3) is 2.82. The number of piperidine rings is 1. The largest absolute Gasteiger partial charge is 0.409 e. The number of benzene rings is 1. The molecule has 0 radical (unpaired) electrons. The van der Waals surface area contributed by atoms with E-state index >= 15 is 0 Å². The SMILES string of the molecule is N/C(=N/O)c1cc(F)c(N2CCCC(CO)C2)c(F)c1. The quantitative estimate of drug-likeness (QED) is 0.338. The number of nitrogens with zero attached hydrogens (tertiary/aromatic N) is 2. The van der Waals surface area contributed by atoms with E-state index in [1.165, 1.54) is 0 Å². The average Bonchev–Trinajstić information content (AvgIpc) is 2.45. The highest BCUT2D eigenvalue weighted by molar-refractivity contribution is 5.97. The molecule has 1 aliphatic rings. The minimum atomic E-state index is -0.759. The monoisotopic (exact) mass is 285 g/mol. The van der Waals surface area contributed by atoms with E-state index in [2.05, 4.69) is 5.16 Å². The zero-order chi connectivity index (χ0) is 14.7. The molecule has 1 atom stereocenters. The van der Waals surface area contributed by atoms with Crippen molar-refractivity contribution < 1.29 is 19.1 Å². The van der Waals surface area contributed by atoms with E-state index in [1.54, 1.807) is 4.90 Å². The molecular formula is C13H17F2N3O2. The van der Waals surface area contributed by atoms with Crippen molar-refractivity contribution in [1.29, 1.82) is 0 Å². The fourth-order valence-corrected chi connectivity index (χ4v) is 2.49. The molecule has 1 aromatic rings. The Morgan fingerprint density at radius 1 is 1.40 bits per heavy atom. The summed E-state index contributed by atoms with van der Waals surface area (Å²) in [5, 5.41) is 20.4. The summed E-state index contributed by atoms with van der Waals surface area (Å²) in [5.41, 5.74) is 5.18. The van der Waals surface area contributed by atoms with Crippen LogP contribution in [0, 0.1) is 17.6 Å². The molecule has 5 nitrogen and oxygen atoms in total. The Morgan fingerprint density at radius 2 is 2.05 bits per heavy atom. The van der Waals surface area contributed by atoms with Crippen LogP contribution in [0.5, 0.6) is 0 Å². The third-order valence-electron chi connectivity index (χ3n) is 3.51. The Labute approximate surface area is 115 Å². The molecule has 20 heavy (non-hydrogen) atoms. The van der Waals surface area contributed by atoms with Gasteiger partial charge in [-0.3, -0.25) is 0 Å². The van der Waals surface area contributed by atoms with Gasteiger partial charge in [0.05, 0.1) is 0 Å². The first-order valence-corrected chi connectivity index (χ1v) is 6.39. The topological polar surface area (TPSA) is 82.1 Å². The molecule has 7 heteroatoms. The van der Waals surface area contributed by atoms with Crippen LogP contribution in [-0.4, -0.2) is 35.8 Å². The van der Waals surface area contributed by atoms with Gasteiger partial charge in [-0.2, -0.15) is 0 Å². The summed E-state index contributed by atoms with van der Waals surface area (Å²) >= 11 is 0. The maximum absolute atomic E-state index is 14.1.